The molecule has 8 nitrogen and oxygen atoms in total. The van der Waals surface area contributed by atoms with Gasteiger partial charge in [0.2, 0.25) is 5.91 Å². The lowest BCUT2D eigenvalue weighted by molar-refractivity contribution is -0.128. The van der Waals surface area contributed by atoms with Crippen molar-refractivity contribution in [3.63, 3.8) is 0 Å². The monoisotopic (exact) mass is 374 g/mol. The Morgan fingerprint density at radius 1 is 1.19 bits per heavy atom. The molecule has 3 rings (SSSR count). The predicted octanol–water partition coefficient (Wildman–Crippen LogP) is 1.35. The molecule has 3 amide bonds. The first kappa shape index (κ1) is 19.3. The Labute approximate surface area is 160 Å². The molecule has 0 radical (unpaired) electrons. The summed E-state index contributed by atoms with van der Waals surface area (Å²) in [6, 6.07) is 3.85. The lowest BCUT2D eigenvalue weighted by atomic mass is 10.1. The maximum atomic E-state index is 12.5. The molecule has 3 heterocycles. The maximum Gasteiger partial charge on any atom is 0.318 e. The second-order valence-electron chi connectivity index (χ2n) is 7.61. The molecule has 0 aliphatic carbocycles. The molecule has 0 saturated carbocycles. The number of amides is 3. The lowest BCUT2D eigenvalue weighted by Crippen LogP contribution is -2.48. The first-order valence-electron chi connectivity index (χ1n) is 9.64. The molecule has 0 spiro atoms. The average molecular weight is 374 g/mol. The van der Waals surface area contributed by atoms with Gasteiger partial charge in [-0.2, -0.15) is 0 Å². The zero-order valence-corrected chi connectivity index (χ0v) is 16.4. The van der Waals surface area contributed by atoms with Gasteiger partial charge < -0.3 is 25.3 Å². The SMILES string of the molecule is CN1CC[C@H](NC(=O)N2CCC[C@@H](Nc3ccc(N(C)C)nc3)CC2)C1=O. The molecular weight excluding hydrogens is 344 g/mol. The summed E-state index contributed by atoms with van der Waals surface area (Å²) in [5, 5.41) is 6.43. The van der Waals surface area contributed by atoms with Gasteiger partial charge in [-0.25, -0.2) is 9.78 Å². The van der Waals surface area contributed by atoms with Crippen molar-refractivity contribution in [1.82, 2.24) is 20.1 Å². The van der Waals surface area contributed by atoms with Gasteiger partial charge in [0.05, 0.1) is 11.9 Å². The van der Waals surface area contributed by atoms with E-state index in [1.807, 2.05) is 42.2 Å². The van der Waals surface area contributed by atoms with Crippen LogP contribution in [0.15, 0.2) is 18.3 Å². The zero-order valence-electron chi connectivity index (χ0n) is 16.4. The quantitative estimate of drug-likeness (QED) is 0.832. The van der Waals surface area contributed by atoms with Crippen molar-refractivity contribution in [3.8, 4) is 0 Å². The number of likely N-dealkylation sites (tertiary alicyclic amines) is 2. The predicted molar refractivity (Wildman–Crippen MR) is 106 cm³/mol. The second kappa shape index (κ2) is 8.45. The summed E-state index contributed by atoms with van der Waals surface area (Å²) in [4.78, 5) is 34.4. The molecule has 0 aromatic carbocycles. The number of nitrogens with zero attached hydrogens (tertiary/aromatic N) is 4. The van der Waals surface area contributed by atoms with Crippen LogP contribution in [0.1, 0.15) is 25.7 Å². The minimum Gasteiger partial charge on any atom is -0.381 e. The topological polar surface area (TPSA) is 80.8 Å². The summed E-state index contributed by atoms with van der Waals surface area (Å²) in [5.74, 6) is 0.933. The Bertz CT molecular complexity index is 663. The normalized spacial score (nSPS) is 23.1. The number of nitrogens with one attached hydrogen (secondary N) is 2. The van der Waals surface area contributed by atoms with E-state index in [2.05, 4.69) is 15.6 Å². The summed E-state index contributed by atoms with van der Waals surface area (Å²) in [6.45, 7) is 2.11. The van der Waals surface area contributed by atoms with E-state index < -0.39 is 0 Å². The molecule has 2 aliphatic heterocycles. The van der Waals surface area contributed by atoms with Crippen LogP contribution in [-0.4, -0.2) is 79.6 Å². The van der Waals surface area contributed by atoms with Crippen LogP contribution in [0.2, 0.25) is 0 Å². The van der Waals surface area contributed by atoms with Gasteiger partial charge in [-0.3, -0.25) is 4.79 Å². The Hall–Kier alpha value is -2.51. The highest BCUT2D eigenvalue weighted by atomic mass is 16.2. The fraction of sp³-hybridized carbons (Fsp3) is 0.632. The van der Waals surface area contributed by atoms with Crippen LogP contribution in [0.3, 0.4) is 0 Å². The highest BCUT2D eigenvalue weighted by molar-refractivity contribution is 5.88. The van der Waals surface area contributed by atoms with E-state index in [1.165, 1.54) is 0 Å². The van der Waals surface area contributed by atoms with Crippen LogP contribution in [0.5, 0.6) is 0 Å². The van der Waals surface area contributed by atoms with Crippen molar-refractivity contribution in [3.05, 3.63) is 18.3 Å². The van der Waals surface area contributed by atoms with E-state index in [0.717, 1.165) is 37.3 Å². The molecule has 0 unspecified atom stereocenters. The third kappa shape index (κ3) is 4.81. The van der Waals surface area contributed by atoms with E-state index in [9.17, 15) is 9.59 Å². The van der Waals surface area contributed by atoms with Gasteiger partial charge in [-0.1, -0.05) is 0 Å². The Morgan fingerprint density at radius 2 is 2.00 bits per heavy atom. The van der Waals surface area contributed by atoms with E-state index in [1.54, 1.807) is 11.9 Å². The van der Waals surface area contributed by atoms with E-state index in [0.29, 0.717) is 25.6 Å². The van der Waals surface area contributed by atoms with Crippen molar-refractivity contribution >= 4 is 23.4 Å². The van der Waals surface area contributed by atoms with E-state index >= 15 is 0 Å². The van der Waals surface area contributed by atoms with Crippen molar-refractivity contribution < 1.29 is 9.59 Å². The highest BCUT2D eigenvalue weighted by Crippen LogP contribution is 2.18. The molecule has 148 valence electrons. The van der Waals surface area contributed by atoms with Gasteiger partial charge in [0, 0.05) is 46.8 Å². The summed E-state index contributed by atoms with van der Waals surface area (Å²) in [5.41, 5.74) is 1.00. The number of aromatic nitrogens is 1. The smallest absolute Gasteiger partial charge is 0.318 e. The lowest BCUT2D eigenvalue weighted by Gasteiger charge is -2.23. The number of urea groups is 1. The first-order valence-corrected chi connectivity index (χ1v) is 9.64. The molecule has 2 N–H and O–H groups in total. The molecule has 1 aromatic rings. The summed E-state index contributed by atoms with van der Waals surface area (Å²) in [6.07, 6.45) is 5.36. The standard InChI is InChI=1S/C19H30N6O2/c1-23(2)17-7-6-15(13-20-17)21-14-5-4-10-25(12-8-14)19(27)22-16-9-11-24(3)18(16)26/h6-7,13-14,16,21H,4-5,8-12H2,1-3H3,(H,22,27)/t14-,16+/m1/s1. The summed E-state index contributed by atoms with van der Waals surface area (Å²) < 4.78 is 0. The molecule has 0 bridgehead atoms. The number of rotatable bonds is 4. The molecule has 2 atom stereocenters. The maximum absolute atomic E-state index is 12.5. The summed E-state index contributed by atoms with van der Waals surface area (Å²) in [7, 11) is 5.71. The fourth-order valence-corrected chi connectivity index (χ4v) is 3.61. The molecule has 2 saturated heterocycles. The van der Waals surface area contributed by atoms with Crippen molar-refractivity contribution in [2.45, 2.75) is 37.8 Å². The minimum absolute atomic E-state index is 0.00591. The average Bonchev–Trinajstić information content (AvgIpc) is 2.85. The number of hydrogen-bond donors (Lipinski definition) is 2. The van der Waals surface area contributed by atoms with Crippen LogP contribution in [0, 0.1) is 0 Å². The van der Waals surface area contributed by atoms with Gasteiger partial charge >= 0.3 is 6.03 Å². The molecule has 2 fully saturated rings. The van der Waals surface area contributed by atoms with Gasteiger partial charge in [0.1, 0.15) is 11.9 Å². The number of likely N-dealkylation sites (N-methyl/N-ethyl adjacent to an activating group) is 1. The van der Waals surface area contributed by atoms with Gasteiger partial charge in [0.15, 0.2) is 0 Å². The third-order valence-electron chi connectivity index (χ3n) is 5.32. The van der Waals surface area contributed by atoms with Crippen LogP contribution < -0.4 is 15.5 Å². The highest BCUT2D eigenvalue weighted by Gasteiger charge is 2.31. The second-order valence-corrected chi connectivity index (χ2v) is 7.61. The number of carbonyl (C=O) groups is 2. The largest absolute Gasteiger partial charge is 0.381 e. The molecule has 2 aliphatic rings. The molecular formula is C19H30N6O2. The molecule has 27 heavy (non-hydrogen) atoms. The van der Waals surface area contributed by atoms with Crippen LogP contribution in [0.25, 0.3) is 0 Å². The third-order valence-corrected chi connectivity index (χ3v) is 5.32. The van der Waals surface area contributed by atoms with Crippen molar-refractivity contribution in [2.75, 3.05) is 51.0 Å². The zero-order chi connectivity index (χ0) is 19.4. The number of pyridine rings is 1. The van der Waals surface area contributed by atoms with E-state index in [4.69, 9.17) is 0 Å². The van der Waals surface area contributed by atoms with Gasteiger partial charge in [-0.15, -0.1) is 0 Å². The van der Waals surface area contributed by atoms with Gasteiger partial charge in [-0.05, 0) is 37.8 Å². The summed E-state index contributed by atoms with van der Waals surface area (Å²) >= 11 is 0. The number of anilines is 2. The molecule has 8 heteroatoms. The number of carbonyl (C=O) groups excluding carboxylic acids is 2. The van der Waals surface area contributed by atoms with Crippen LogP contribution >= 0.6 is 0 Å². The minimum atomic E-state index is -0.374. The van der Waals surface area contributed by atoms with Crippen LogP contribution in [-0.2, 0) is 4.79 Å². The van der Waals surface area contributed by atoms with Crippen molar-refractivity contribution in [1.29, 1.82) is 0 Å². The Balaban J connectivity index is 1.49. The first-order chi connectivity index (χ1) is 12.9. The number of hydrogen-bond acceptors (Lipinski definition) is 5. The van der Waals surface area contributed by atoms with Crippen LogP contribution in [0.4, 0.5) is 16.3 Å². The van der Waals surface area contributed by atoms with E-state index in [-0.39, 0.29) is 18.0 Å². The Kier molecular flexibility index (Phi) is 6.03. The van der Waals surface area contributed by atoms with Crippen molar-refractivity contribution in [2.24, 2.45) is 0 Å². The van der Waals surface area contributed by atoms with Gasteiger partial charge in [0.25, 0.3) is 0 Å². The molecule has 1 aromatic heterocycles. The fourth-order valence-electron chi connectivity index (χ4n) is 3.61. The Morgan fingerprint density at radius 3 is 2.63 bits per heavy atom.